The summed E-state index contributed by atoms with van der Waals surface area (Å²) in [5.41, 5.74) is 18.8. The van der Waals surface area contributed by atoms with Crippen LogP contribution in [0.5, 0.6) is 0 Å². The maximum atomic E-state index is 6.57. The van der Waals surface area contributed by atoms with E-state index in [1.165, 1.54) is 10.8 Å². The Hall–Kier alpha value is -9.45. The molecule has 0 fully saturated rings. The van der Waals surface area contributed by atoms with Gasteiger partial charge in [0, 0.05) is 54.8 Å². The Bertz CT molecular complexity index is 4330. The van der Waals surface area contributed by atoms with E-state index in [4.69, 9.17) is 13.8 Å². The van der Waals surface area contributed by atoms with E-state index in [1.54, 1.807) is 0 Å². The van der Waals surface area contributed by atoms with Crippen LogP contribution >= 0.6 is 0 Å². The van der Waals surface area contributed by atoms with Crippen molar-refractivity contribution >= 4 is 87.5 Å². The molecule has 0 unspecified atom stereocenters. The van der Waals surface area contributed by atoms with Gasteiger partial charge in [-0.1, -0.05) is 140 Å². The second-order valence-electron chi connectivity index (χ2n) is 18.2. The number of nitrogens with zero attached hydrogens (tertiary/aromatic N) is 3. The first kappa shape index (κ1) is 38.6. The molecule has 5 aromatic heterocycles. The Kier molecular flexibility index (Phi) is 8.29. The summed E-state index contributed by atoms with van der Waals surface area (Å²) in [6.07, 6.45) is 0. The van der Waals surface area contributed by atoms with Crippen molar-refractivity contribution in [2.45, 2.75) is 0 Å². The molecule has 15 aromatic rings. The summed E-state index contributed by atoms with van der Waals surface area (Å²) >= 11 is 0. The van der Waals surface area contributed by atoms with Crippen molar-refractivity contribution in [1.82, 2.24) is 14.1 Å². The lowest BCUT2D eigenvalue weighted by molar-refractivity contribution is 0.672. The molecule has 0 atom stereocenters. The van der Waals surface area contributed by atoms with Gasteiger partial charge >= 0.3 is 0 Å². The molecule has 0 aliphatic rings. The summed E-state index contributed by atoms with van der Waals surface area (Å²) in [6.45, 7) is 0. The van der Waals surface area contributed by atoms with E-state index in [-0.39, 0.29) is 0 Å². The fourth-order valence-corrected chi connectivity index (χ4v) is 11.1. The fraction of sp³-hybridized carbons (Fsp3) is 0. The Labute approximate surface area is 401 Å². The molecule has 5 heterocycles. The van der Waals surface area contributed by atoms with Crippen LogP contribution in [0.15, 0.2) is 245 Å². The number of para-hydroxylation sites is 4. The molecule has 70 heavy (non-hydrogen) atoms. The molecular weight excluding hydrogens is 855 g/mol. The normalized spacial score (nSPS) is 12.0. The minimum Gasteiger partial charge on any atom is -0.455 e. The van der Waals surface area contributed by atoms with E-state index in [2.05, 4.69) is 234 Å². The number of fused-ring (bicyclic) bond motifs is 14. The summed E-state index contributed by atoms with van der Waals surface area (Å²) in [6, 6.07) is 84.2. The van der Waals surface area contributed by atoms with E-state index in [0.29, 0.717) is 0 Å². The van der Waals surface area contributed by atoms with Gasteiger partial charge in [-0.3, -0.25) is 0 Å². The van der Waals surface area contributed by atoms with Crippen LogP contribution < -0.4 is 0 Å². The van der Waals surface area contributed by atoms with Gasteiger partial charge in [-0.15, -0.1) is 0 Å². The number of benzene rings is 10. The van der Waals surface area contributed by atoms with E-state index in [9.17, 15) is 0 Å². The number of aromatic nitrogens is 3. The second-order valence-corrected chi connectivity index (χ2v) is 18.2. The molecule has 326 valence electrons. The van der Waals surface area contributed by atoms with Crippen molar-refractivity contribution in [2.24, 2.45) is 0 Å². The Morgan fingerprint density at radius 1 is 0.271 bits per heavy atom. The highest BCUT2D eigenvalue weighted by Crippen LogP contribution is 2.43. The van der Waals surface area contributed by atoms with Crippen LogP contribution in [0.25, 0.3) is 144 Å². The third kappa shape index (κ3) is 5.82. The van der Waals surface area contributed by atoms with Gasteiger partial charge in [0.15, 0.2) is 0 Å². The summed E-state index contributed by atoms with van der Waals surface area (Å²) in [5.74, 6) is 0. The van der Waals surface area contributed by atoms with Crippen LogP contribution in [0.4, 0.5) is 0 Å². The third-order valence-electron chi connectivity index (χ3n) is 14.3. The standard InChI is InChI=1S/C65H39N3O2/c1-5-28-56-52(24-1)62-58(34-32-50-48-22-3-7-30-60(48)69-64(50)62)67(56)46-20-11-16-42(38-46)40-14-9-18-44(36-40)54-26-13-27-55(66-54)45-19-10-15-41(37-45)43-17-12-21-47(39-43)68-57-29-6-2-25-53(57)63-59(68)35-33-51-49-23-4-8-31-61(49)70-65(51)63/h1-39H. The second kappa shape index (κ2) is 15.0. The highest BCUT2D eigenvalue weighted by atomic mass is 16.3. The van der Waals surface area contributed by atoms with E-state index < -0.39 is 0 Å². The lowest BCUT2D eigenvalue weighted by Crippen LogP contribution is -1.94. The van der Waals surface area contributed by atoms with Gasteiger partial charge < -0.3 is 18.0 Å². The topological polar surface area (TPSA) is 49.0 Å². The number of hydrogen-bond donors (Lipinski definition) is 0. The molecule has 0 spiro atoms. The Morgan fingerprint density at radius 2 is 0.657 bits per heavy atom. The van der Waals surface area contributed by atoms with Crippen LogP contribution in [-0.2, 0) is 0 Å². The van der Waals surface area contributed by atoms with E-state index >= 15 is 0 Å². The smallest absolute Gasteiger partial charge is 0.145 e. The lowest BCUT2D eigenvalue weighted by atomic mass is 9.99. The first-order chi connectivity index (χ1) is 34.7. The SMILES string of the molecule is c1cc(-c2cccc(-n3c4ccccc4c4c5oc6ccccc6c5ccc43)c2)cc(-c2cccc(-c3cccc(-c4cccc(-n5c6ccccc6c6c7oc8ccccc8c7ccc65)c4)c3)n2)c1. The summed E-state index contributed by atoms with van der Waals surface area (Å²) < 4.78 is 17.9. The van der Waals surface area contributed by atoms with E-state index in [1.807, 2.05) is 12.1 Å². The van der Waals surface area contributed by atoms with Crippen molar-refractivity contribution < 1.29 is 8.83 Å². The monoisotopic (exact) mass is 893 g/mol. The zero-order chi connectivity index (χ0) is 45.9. The molecule has 10 aromatic carbocycles. The summed E-state index contributed by atoms with van der Waals surface area (Å²) in [4.78, 5) is 5.29. The molecule has 0 aliphatic carbocycles. The van der Waals surface area contributed by atoms with Crippen molar-refractivity contribution in [3.8, 4) is 56.1 Å². The van der Waals surface area contributed by atoms with Crippen LogP contribution in [0.1, 0.15) is 0 Å². The molecular formula is C65H39N3O2. The van der Waals surface area contributed by atoms with Crippen LogP contribution in [0, 0.1) is 0 Å². The minimum absolute atomic E-state index is 0.904. The van der Waals surface area contributed by atoms with E-state index in [0.717, 1.165) is 133 Å². The number of pyridine rings is 1. The molecule has 0 bridgehead atoms. The molecule has 0 radical (unpaired) electrons. The van der Waals surface area contributed by atoms with Crippen LogP contribution in [0.3, 0.4) is 0 Å². The molecule has 0 N–H and O–H groups in total. The first-order valence-electron chi connectivity index (χ1n) is 23.8. The van der Waals surface area contributed by atoms with Gasteiger partial charge in [0.25, 0.3) is 0 Å². The zero-order valence-electron chi connectivity index (χ0n) is 37.7. The number of furan rings is 2. The molecule has 0 amide bonds. The molecule has 0 saturated heterocycles. The average Bonchev–Trinajstić information content (AvgIpc) is 4.19. The zero-order valence-corrected chi connectivity index (χ0v) is 37.7. The molecule has 5 nitrogen and oxygen atoms in total. The largest absolute Gasteiger partial charge is 0.455 e. The minimum atomic E-state index is 0.904. The van der Waals surface area contributed by atoms with Crippen LogP contribution in [0.2, 0.25) is 0 Å². The predicted octanol–water partition coefficient (Wildman–Crippen LogP) is 17.7. The summed E-state index contributed by atoms with van der Waals surface area (Å²) in [7, 11) is 0. The first-order valence-corrected chi connectivity index (χ1v) is 23.8. The third-order valence-corrected chi connectivity index (χ3v) is 14.3. The highest BCUT2D eigenvalue weighted by Gasteiger charge is 2.21. The molecule has 15 rings (SSSR count). The molecule has 0 aliphatic heterocycles. The number of hydrogen-bond acceptors (Lipinski definition) is 3. The van der Waals surface area contributed by atoms with Gasteiger partial charge in [-0.2, -0.15) is 0 Å². The van der Waals surface area contributed by atoms with Gasteiger partial charge in [0.1, 0.15) is 22.3 Å². The Balaban J connectivity index is 0.771. The van der Waals surface area contributed by atoms with Gasteiger partial charge in [-0.05, 0) is 119 Å². The summed E-state index contributed by atoms with van der Waals surface area (Å²) in [5, 5.41) is 9.14. The van der Waals surface area contributed by atoms with Crippen molar-refractivity contribution in [1.29, 1.82) is 0 Å². The average molecular weight is 894 g/mol. The van der Waals surface area contributed by atoms with Crippen molar-refractivity contribution in [3.63, 3.8) is 0 Å². The predicted molar refractivity (Wildman–Crippen MR) is 289 cm³/mol. The number of rotatable bonds is 6. The van der Waals surface area contributed by atoms with Gasteiger partial charge in [0.05, 0.1) is 44.2 Å². The fourth-order valence-electron chi connectivity index (χ4n) is 11.1. The maximum Gasteiger partial charge on any atom is 0.145 e. The molecule has 5 heteroatoms. The highest BCUT2D eigenvalue weighted by molar-refractivity contribution is 6.25. The van der Waals surface area contributed by atoms with Gasteiger partial charge in [0.2, 0.25) is 0 Å². The quantitative estimate of drug-likeness (QED) is 0.167. The van der Waals surface area contributed by atoms with Gasteiger partial charge in [-0.25, -0.2) is 4.98 Å². The van der Waals surface area contributed by atoms with Crippen LogP contribution in [-0.4, -0.2) is 14.1 Å². The maximum absolute atomic E-state index is 6.57. The van der Waals surface area contributed by atoms with Crippen molar-refractivity contribution in [3.05, 3.63) is 237 Å². The molecule has 0 saturated carbocycles. The van der Waals surface area contributed by atoms with Crippen molar-refractivity contribution in [2.75, 3.05) is 0 Å². The lowest BCUT2D eigenvalue weighted by Gasteiger charge is -2.12. The Morgan fingerprint density at radius 3 is 1.14 bits per heavy atom.